The molecule has 0 unspecified atom stereocenters. The molecular weight excluding hydrogens is 276 g/mol. The van der Waals surface area contributed by atoms with Crippen molar-refractivity contribution in [2.24, 2.45) is 0 Å². The molecule has 4 rings (SSSR count). The van der Waals surface area contributed by atoms with Gasteiger partial charge in [0, 0.05) is 22.6 Å². The molecule has 0 bridgehead atoms. The Morgan fingerprint density at radius 3 is 2.27 bits per heavy atom. The van der Waals surface area contributed by atoms with Crippen molar-refractivity contribution in [3.63, 3.8) is 0 Å². The van der Waals surface area contributed by atoms with Crippen LogP contribution in [0.3, 0.4) is 0 Å². The molecule has 0 saturated heterocycles. The van der Waals surface area contributed by atoms with Crippen molar-refractivity contribution in [2.45, 2.75) is 0 Å². The predicted octanol–water partition coefficient (Wildman–Crippen LogP) is 4.72. The van der Waals surface area contributed by atoms with Gasteiger partial charge >= 0.3 is 5.63 Å². The lowest BCUT2D eigenvalue weighted by molar-refractivity contribution is 0.558. The number of rotatable bonds is 2. The Labute approximate surface area is 126 Å². The second-order valence-corrected chi connectivity index (χ2v) is 5.01. The van der Waals surface area contributed by atoms with Crippen LogP contribution in [0.15, 0.2) is 86.4 Å². The van der Waals surface area contributed by atoms with Crippen molar-refractivity contribution in [2.75, 3.05) is 0 Å². The fourth-order valence-electron chi connectivity index (χ4n) is 2.56. The third kappa shape index (κ3) is 2.13. The molecule has 0 atom stereocenters. The summed E-state index contributed by atoms with van der Waals surface area (Å²) >= 11 is 0. The molecule has 4 aromatic rings. The first-order valence-corrected chi connectivity index (χ1v) is 7.00. The highest BCUT2D eigenvalue weighted by atomic mass is 16.4. The standard InChI is InChI=1S/C19H12O3/c20-19-12-15(14-8-4-5-9-17(14)22-19)18-11-10-16(21-18)13-6-2-1-3-7-13/h1-12H. The monoisotopic (exact) mass is 288 g/mol. The summed E-state index contributed by atoms with van der Waals surface area (Å²) < 4.78 is 11.2. The maximum atomic E-state index is 11.7. The third-order valence-electron chi connectivity index (χ3n) is 3.58. The van der Waals surface area contributed by atoms with Gasteiger partial charge in [-0.25, -0.2) is 4.79 Å². The van der Waals surface area contributed by atoms with E-state index < -0.39 is 0 Å². The molecule has 22 heavy (non-hydrogen) atoms. The summed E-state index contributed by atoms with van der Waals surface area (Å²) in [6.07, 6.45) is 0. The summed E-state index contributed by atoms with van der Waals surface area (Å²) in [6.45, 7) is 0. The Balaban J connectivity index is 1.90. The van der Waals surface area contributed by atoms with Crippen molar-refractivity contribution in [3.05, 3.63) is 83.2 Å². The third-order valence-corrected chi connectivity index (χ3v) is 3.58. The molecule has 2 aromatic carbocycles. The number of fused-ring (bicyclic) bond motifs is 1. The highest BCUT2D eigenvalue weighted by Gasteiger charge is 2.12. The van der Waals surface area contributed by atoms with E-state index in [1.807, 2.05) is 60.7 Å². The van der Waals surface area contributed by atoms with Crippen molar-refractivity contribution in [1.82, 2.24) is 0 Å². The number of furan rings is 1. The van der Waals surface area contributed by atoms with Gasteiger partial charge in [0.25, 0.3) is 0 Å². The molecule has 0 N–H and O–H groups in total. The summed E-state index contributed by atoms with van der Waals surface area (Å²) in [5.74, 6) is 1.43. The van der Waals surface area contributed by atoms with E-state index in [1.54, 1.807) is 6.07 Å². The van der Waals surface area contributed by atoms with Gasteiger partial charge < -0.3 is 8.83 Å². The van der Waals surface area contributed by atoms with E-state index in [0.717, 1.165) is 22.3 Å². The zero-order chi connectivity index (χ0) is 14.9. The van der Waals surface area contributed by atoms with Gasteiger partial charge in [-0.1, -0.05) is 48.5 Å². The highest BCUT2D eigenvalue weighted by Crippen LogP contribution is 2.31. The molecule has 106 valence electrons. The van der Waals surface area contributed by atoms with Crippen LogP contribution in [0.1, 0.15) is 0 Å². The van der Waals surface area contributed by atoms with E-state index in [-0.39, 0.29) is 5.63 Å². The lowest BCUT2D eigenvalue weighted by Crippen LogP contribution is -1.97. The van der Waals surface area contributed by atoms with Crippen molar-refractivity contribution < 1.29 is 8.83 Å². The van der Waals surface area contributed by atoms with Gasteiger partial charge in [-0.3, -0.25) is 0 Å². The van der Waals surface area contributed by atoms with Gasteiger partial charge in [0.05, 0.1) is 0 Å². The molecule has 0 radical (unpaired) electrons. The van der Waals surface area contributed by atoms with Crippen molar-refractivity contribution in [3.8, 4) is 22.6 Å². The molecular formula is C19H12O3. The fourth-order valence-corrected chi connectivity index (χ4v) is 2.56. The lowest BCUT2D eigenvalue weighted by Gasteiger charge is -2.02. The Hall–Kier alpha value is -3.07. The van der Waals surface area contributed by atoms with E-state index in [9.17, 15) is 4.79 Å². The Kier molecular flexibility index (Phi) is 2.90. The first-order chi connectivity index (χ1) is 10.8. The van der Waals surface area contributed by atoms with E-state index >= 15 is 0 Å². The maximum Gasteiger partial charge on any atom is 0.336 e. The van der Waals surface area contributed by atoms with Gasteiger partial charge in [0.1, 0.15) is 17.1 Å². The maximum absolute atomic E-state index is 11.7. The number of benzene rings is 2. The summed E-state index contributed by atoms with van der Waals surface area (Å²) in [6, 6.07) is 22.6. The Morgan fingerprint density at radius 2 is 1.41 bits per heavy atom. The van der Waals surface area contributed by atoms with Gasteiger partial charge in [0.15, 0.2) is 0 Å². The summed E-state index contributed by atoms with van der Waals surface area (Å²) in [5, 5.41) is 0.857. The second kappa shape index (κ2) is 5.04. The van der Waals surface area contributed by atoms with E-state index in [2.05, 4.69) is 0 Å². The molecule has 0 aliphatic heterocycles. The van der Waals surface area contributed by atoms with Crippen molar-refractivity contribution >= 4 is 11.0 Å². The second-order valence-electron chi connectivity index (χ2n) is 5.01. The number of hydrogen-bond donors (Lipinski definition) is 0. The zero-order valence-electron chi connectivity index (χ0n) is 11.7. The minimum atomic E-state index is -0.383. The minimum absolute atomic E-state index is 0.383. The van der Waals surface area contributed by atoms with Gasteiger partial charge in [-0.2, -0.15) is 0 Å². The van der Waals surface area contributed by atoms with E-state index in [1.165, 1.54) is 6.07 Å². The summed E-state index contributed by atoms with van der Waals surface area (Å²) in [7, 11) is 0. The van der Waals surface area contributed by atoms with Crippen LogP contribution in [0.4, 0.5) is 0 Å². The van der Waals surface area contributed by atoms with Gasteiger partial charge in [-0.05, 0) is 18.2 Å². The SMILES string of the molecule is O=c1cc(-c2ccc(-c3ccccc3)o2)c2ccccc2o1. The lowest BCUT2D eigenvalue weighted by atomic mass is 10.1. The van der Waals surface area contributed by atoms with Crippen LogP contribution in [0.5, 0.6) is 0 Å². The van der Waals surface area contributed by atoms with Crippen LogP contribution in [0, 0.1) is 0 Å². The largest absolute Gasteiger partial charge is 0.456 e. The molecule has 0 spiro atoms. The normalized spacial score (nSPS) is 10.9. The molecule has 0 aliphatic carbocycles. The van der Waals surface area contributed by atoms with Crippen LogP contribution in [0.25, 0.3) is 33.6 Å². The zero-order valence-corrected chi connectivity index (χ0v) is 11.7. The van der Waals surface area contributed by atoms with Crippen LogP contribution < -0.4 is 5.63 Å². The minimum Gasteiger partial charge on any atom is -0.456 e. The molecule has 0 fully saturated rings. The van der Waals surface area contributed by atoms with Gasteiger partial charge in [0.2, 0.25) is 0 Å². The average Bonchev–Trinajstić information content (AvgIpc) is 3.05. The van der Waals surface area contributed by atoms with Crippen LogP contribution in [-0.2, 0) is 0 Å². The Bertz CT molecular complexity index is 994. The quantitative estimate of drug-likeness (QED) is 0.501. The van der Waals surface area contributed by atoms with Crippen LogP contribution in [-0.4, -0.2) is 0 Å². The first-order valence-electron chi connectivity index (χ1n) is 7.00. The number of hydrogen-bond acceptors (Lipinski definition) is 3. The molecule has 0 aliphatic rings. The molecule has 0 amide bonds. The smallest absolute Gasteiger partial charge is 0.336 e. The topological polar surface area (TPSA) is 43.4 Å². The summed E-state index contributed by atoms with van der Waals surface area (Å²) in [4.78, 5) is 11.7. The number of para-hydroxylation sites is 1. The molecule has 2 heterocycles. The molecule has 3 heteroatoms. The molecule has 0 saturated carbocycles. The van der Waals surface area contributed by atoms with Crippen LogP contribution in [0.2, 0.25) is 0 Å². The molecule has 3 nitrogen and oxygen atoms in total. The fraction of sp³-hybridized carbons (Fsp3) is 0. The summed E-state index contributed by atoms with van der Waals surface area (Å²) in [5.41, 5.74) is 1.92. The van der Waals surface area contributed by atoms with Gasteiger partial charge in [-0.15, -0.1) is 0 Å². The van der Waals surface area contributed by atoms with Crippen molar-refractivity contribution in [1.29, 1.82) is 0 Å². The predicted molar refractivity (Wildman–Crippen MR) is 85.6 cm³/mol. The highest BCUT2D eigenvalue weighted by molar-refractivity contribution is 5.91. The van der Waals surface area contributed by atoms with E-state index in [0.29, 0.717) is 11.3 Å². The molecule has 2 aromatic heterocycles. The first kappa shape index (κ1) is 12.7. The average molecular weight is 288 g/mol. The van der Waals surface area contributed by atoms with Crippen LogP contribution >= 0.6 is 0 Å². The Morgan fingerprint density at radius 1 is 0.682 bits per heavy atom. The van der Waals surface area contributed by atoms with E-state index in [4.69, 9.17) is 8.83 Å².